The van der Waals surface area contributed by atoms with E-state index in [0.29, 0.717) is 18.1 Å². The molecule has 8 heteroatoms. The van der Waals surface area contributed by atoms with Crippen LogP contribution in [-0.2, 0) is 6.54 Å². The molecule has 0 aliphatic rings. The molecule has 0 radical (unpaired) electrons. The smallest absolute Gasteiger partial charge is 0.280 e. The third kappa shape index (κ3) is 2.86. The summed E-state index contributed by atoms with van der Waals surface area (Å²) in [5.41, 5.74) is 5.75. The summed E-state index contributed by atoms with van der Waals surface area (Å²) in [6.07, 6.45) is -1.24. The number of nitrogens with two attached hydrogens (primary N) is 1. The summed E-state index contributed by atoms with van der Waals surface area (Å²) in [5, 5.41) is 9.05. The van der Waals surface area contributed by atoms with Gasteiger partial charge in [-0.25, -0.2) is 13.9 Å². The SMILES string of the molecule is Nc1nc(NCc2ccnc(C(F)F)c2)n[nH]1. The molecule has 2 heterocycles. The van der Waals surface area contributed by atoms with E-state index in [-0.39, 0.29) is 11.6 Å². The van der Waals surface area contributed by atoms with E-state index in [2.05, 4.69) is 25.5 Å². The lowest BCUT2D eigenvalue weighted by atomic mass is 10.2. The van der Waals surface area contributed by atoms with Gasteiger partial charge < -0.3 is 11.1 Å². The van der Waals surface area contributed by atoms with Crippen molar-refractivity contribution in [2.45, 2.75) is 13.0 Å². The molecule has 0 aliphatic carbocycles. The van der Waals surface area contributed by atoms with Crippen molar-refractivity contribution in [1.82, 2.24) is 20.2 Å². The Morgan fingerprint density at radius 2 is 2.29 bits per heavy atom. The number of halogens is 2. The molecule has 0 unspecified atom stereocenters. The number of nitrogens with one attached hydrogen (secondary N) is 2. The van der Waals surface area contributed by atoms with Gasteiger partial charge in [0.15, 0.2) is 0 Å². The van der Waals surface area contributed by atoms with Crippen LogP contribution in [0.25, 0.3) is 0 Å². The maximum atomic E-state index is 12.4. The van der Waals surface area contributed by atoms with Crippen molar-refractivity contribution in [1.29, 1.82) is 0 Å². The molecule has 90 valence electrons. The van der Waals surface area contributed by atoms with Crippen molar-refractivity contribution in [3.63, 3.8) is 0 Å². The zero-order chi connectivity index (χ0) is 12.3. The first-order chi connectivity index (χ1) is 8.15. The molecule has 2 aromatic rings. The number of alkyl halides is 2. The molecule has 0 bridgehead atoms. The predicted octanol–water partition coefficient (Wildman–Crippen LogP) is 1.33. The van der Waals surface area contributed by atoms with E-state index in [4.69, 9.17) is 5.73 Å². The van der Waals surface area contributed by atoms with Crippen LogP contribution in [0.4, 0.5) is 20.7 Å². The second-order valence-electron chi connectivity index (χ2n) is 3.29. The number of rotatable bonds is 4. The second-order valence-corrected chi connectivity index (χ2v) is 3.29. The van der Waals surface area contributed by atoms with Crippen LogP contribution in [0.15, 0.2) is 18.3 Å². The molecule has 0 aliphatic heterocycles. The third-order valence-electron chi connectivity index (χ3n) is 2.02. The minimum absolute atomic E-state index is 0.190. The van der Waals surface area contributed by atoms with Crippen LogP contribution in [0.2, 0.25) is 0 Å². The third-order valence-corrected chi connectivity index (χ3v) is 2.02. The van der Waals surface area contributed by atoms with Crippen molar-refractivity contribution in [2.75, 3.05) is 11.1 Å². The van der Waals surface area contributed by atoms with E-state index in [1.54, 1.807) is 6.07 Å². The number of nitrogen functional groups attached to an aromatic ring is 1. The van der Waals surface area contributed by atoms with Crippen LogP contribution in [0.5, 0.6) is 0 Å². The van der Waals surface area contributed by atoms with Gasteiger partial charge in [-0.05, 0) is 17.7 Å². The summed E-state index contributed by atoms with van der Waals surface area (Å²) in [4.78, 5) is 7.38. The largest absolute Gasteiger partial charge is 0.368 e. The molecule has 4 N–H and O–H groups in total. The Kier molecular flexibility index (Phi) is 3.12. The fraction of sp³-hybridized carbons (Fsp3) is 0.222. The Morgan fingerprint density at radius 3 is 2.94 bits per heavy atom. The highest BCUT2D eigenvalue weighted by Gasteiger charge is 2.09. The van der Waals surface area contributed by atoms with Gasteiger partial charge >= 0.3 is 0 Å². The van der Waals surface area contributed by atoms with Crippen LogP contribution in [0.3, 0.4) is 0 Å². The maximum Gasteiger partial charge on any atom is 0.280 e. The Bertz CT molecular complexity index is 498. The standard InChI is InChI=1S/C9H10F2N6/c10-7(11)6-3-5(1-2-13-6)4-14-9-15-8(12)16-17-9/h1-3,7H,4H2,(H4,12,14,15,16,17). The van der Waals surface area contributed by atoms with Gasteiger partial charge in [-0.1, -0.05) is 0 Å². The van der Waals surface area contributed by atoms with Gasteiger partial charge in [0.1, 0.15) is 5.69 Å². The molecule has 0 amide bonds. The molecule has 0 fully saturated rings. The zero-order valence-electron chi connectivity index (χ0n) is 8.69. The first-order valence-electron chi connectivity index (χ1n) is 4.80. The lowest BCUT2D eigenvalue weighted by molar-refractivity contribution is 0.146. The topological polar surface area (TPSA) is 92.5 Å². The quantitative estimate of drug-likeness (QED) is 0.749. The van der Waals surface area contributed by atoms with Crippen molar-refractivity contribution >= 4 is 11.9 Å². The Morgan fingerprint density at radius 1 is 1.47 bits per heavy atom. The fourth-order valence-corrected chi connectivity index (χ4v) is 1.26. The average Bonchev–Trinajstić information content (AvgIpc) is 2.73. The summed E-state index contributed by atoms with van der Waals surface area (Å²) in [5.74, 6) is 0.508. The van der Waals surface area contributed by atoms with Crippen LogP contribution >= 0.6 is 0 Å². The highest BCUT2D eigenvalue weighted by Crippen LogP contribution is 2.17. The van der Waals surface area contributed by atoms with Gasteiger partial charge in [0.25, 0.3) is 6.43 Å². The monoisotopic (exact) mass is 240 g/mol. The summed E-state index contributed by atoms with van der Waals surface area (Å²) < 4.78 is 24.8. The van der Waals surface area contributed by atoms with Crippen molar-refractivity contribution in [3.8, 4) is 0 Å². The van der Waals surface area contributed by atoms with Crippen molar-refractivity contribution < 1.29 is 8.78 Å². The average molecular weight is 240 g/mol. The second kappa shape index (κ2) is 4.73. The number of nitrogens with zero attached hydrogens (tertiary/aromatic N) is 3. The number of aromatic amines is 1. The minimum atomic E-state index is -2.57. The normalized spacial score (nSPS) is 10.8. The Hall–Kier alpha value is -2.25. The van der Waals surface area contributed by atoms with E-state index < -0.39 is 6.43 Å². The number of hydrogen-bond donors (Lipinski definition) is 3. The zero-order valence-corrected chi connectivity index (χ0v) is 8.69. The minimum Gasteiger partial charge on any atom is -0.368 e. The first-order valence-corrected chi connectivity index (χ1v) is 4.80. The summed E-state index contributed by atoms with van der Waals surface area (Å²) >= 11 is 0. The molecule has 17 heavy (non-hydrogen) atoms. The van der Waals surface area contributed by atoms with Gasteiger partial charge in [0.2, 0.25) is 11.9 Å². The number of pyridine rings is 1. The van der Waals surface area contributed by atoms with E-state index in [0.717, 1.165) is 0 Å². The van der Waals surface area contributed by atoms with Gasteiger partial charge in [-0.2, -0.15) is 4.98 Å². The molecule has 0 saturated heterocycles. The first kappa shape index (κ1) is 11.2. The van der Waals surface area contributed by atoms with Crippen LogP contribution in [-0.4, -0.2) is 20.2 Å². The molecule has 2 rings (SSSR count). The molecular weight excluding hydrogens is 230 g/mol. The maximum absolute atomic E-state index is 12.4. The Labute approximate surface area is 95.3 Å². The van der Waals surface area contributed by atoms with Gasteiger partial charge in [-0.3, -0.25) is 4.98 Å². The number of H-pyrrole nitrogens is 1. The van der Waals surface area contributed by atoms with E-state index in [1.807, 2.05) is 0 Å². The number of anilines is 2. The molecular formula is C9H10F2N6. The number of aromatic nitrogens is 4. The molecule has 2 aromatic heterocycles. The van der Waals surface area contributed by atoms with Crippen LogP contribution in [0, 0.1) is 0 Å². The lowest BCUT2D eigenvalue weighted by Crippen LogP contribution is -2.02. The fourth-order valence-electron chi connectivity index (χ4n) is 1.26. The summed E-state index contributed by atoms with van der Waals surface area (Å²) in [7, 11) is 0. The van der Waals surface area contributed by atoms with Crippen molar-refractivity contribution in [2.24, 2.45) is 0 Å². The van der Waals surface area contributed by atoms with Gasteiger partial charge in [0, 0.05) is 12.7 Å². The van der Waals surface area contributed by atoms with Crippen molar-refractivity contribution in [3.05, 3.63) is 29.6 Å². The van der Waals surface area contributed by atoms with Crippen LogP contribution in [0.1, 0.15) is 17.7 Å². The molecule has 0 saturated carbocycles. The van der Waals surface area contributed by atoms with E-state index >= 15 is 0 Å². The summed E-state index contributed by atoms with van der Waals surface area (Å²) in [6, 6.07) is 2.96. The van der Waals surface area contributed by atoms with Crippen LogP contribution < -0.4 is 11.1 Å². The molecule has 0 aromatic carbocycles. The molecule has 0 spiro atoms. The van der Waals surface area contributed by atoms with Gasteiger partial charge in [-0.15, -0.1) is 5.10 Å². The summed E-state index contributed by atoms with van der Waals surface area (Å²) in [6.45, 7) is 0.319. The molecule has 0 atom stereocenters. The number of hydrogen-bond acceptors (Lipinski definition) is 5. The highest BCUT2D eigenvalue weighted by molar-refractivity contribution is 5.31. The highest BCUT2D eigenvalue weighted by atomic mass is 19.3. The van der Waals surface area contributed by atoms with E-state index in [9.17, 15) is 8.78 Å². The predicted molar refractivity (Wildman–Crippen MR) is 57.3 cm³/mol. The van der Waals surface area contributed by atoms with Gasteiger partial charge in [0.05, 0.1) is 0 Å². The lowest BCUT2D eigenvalue weighted by Gasteiger charge is -2.04. The Balaban J connectivity index is 2.01. The molecule has 6 nitrogen and oxygen atoms in total. The van der Waals surface area contributed by atoms with E-state index in [1.165, 1.54) is 12.3 Å².